The van der Waals surface area contributed by atoms with Gasteiger partial charge in [0.25, 0.3) is 0 Å². The zero-order valence-corrected chi connectivity index (χ0v) is 37.0. The molecule has 4 saturated heterocycles. The van der Waals surface area contributed by atoms with Crippen LogP contribution in [0.25, 0.3) is 0 Å². The lowest BCUT2D eigenvalue weighted by Gasteiger charge is -2.60. The van der Waals surface area contributed by atoms with Crippen LogP contribution < -0.4 is 0 Å². The Morgan fingerprint density at radius 1 is 0.841 bits per heavy atom. The Bertz CT molecular complexity index is 1650. The second-order valence-corrected chi connectivity index (χ2v) is 20.4. The van der Waals surface area contributed by atoms with Gasteiger partial charge in [0, 0.05) is 31.3 Å². The normalized spacial score (nSPS) is 54.4. The third-order valence-corrected chi connectivity index (χ3v) is 17.1. The first kappa shape index (κ1) is 48.2. The Morgan fingerprint density at radius 2 is 1.56 bits per heavy atom. The molecule has 0 aromatic heterocycles. The molecule has 18 nitrogen and oxygen atoms in total. The molecule has 4 heterocycles. The molecule has 0 aromatic carbocycles. The fraction of sp³-hybridized carbons (Fsp3) is 0.911. The number of hydrogen-bond donors (Lipinski definition) is 10. The predicted octanol–water partition coefficient (Wildman–Crippen LogP) is -0.647. The van der Waals surface area contributed by atoms with Crippen molar-refractivity contribution in [2.45, 2.75) is 189 Å². The van der Waals surface area contributed by atoms with E-state index in [1.807, 2.05) is 0 Å². The number of rotatable bonds is 12. The summed E-state index contributed by atoms with van der Waals surface area (Å²) in [7, 11) is 1.68. The molecule has 0 amide bonds. The minimum Gasteiger partial charge on any atom is -0.394 e. The van der Waals surface area contributed by atoms with Gasteiger partial charge in [-0.2, -0.15) is 0 Å². The third kappa shape index (κ3) is 8.22. The highest BCUT2D eigenvalue weighted by atomic mass is 16.8. The fourth-order valence-corrected chi connectivity index (χ4v) is 13.5. The first-order chi connectivity index (χ1) is 29.8. The number of methoxy groups -OCH3 is 1. The van der Waals surface area contributed by atoms with Crippen LogP contribution in [0.2, 0.25) is 0 Å². The van der Waals surface area contributed by atoms with Crippen molar-refractivity contribution in [3.05, 3.63) is 23.8 Å². The summed E-state index contributed by atoms with van der Waals surface area (Å²) in [6.07, 6.45) is -12.8. The van der Waals surface area contributed by atoms with E-state index in [0.29, 0.717) is 37.2 Å². The first-order valence-corrected chi connectivity index (χ1v) is 23.0. The van der Waals surface area contributed by atoms with E-state index in [9.17, 15) is 51.1 Å². The van der Waals surface area contributed by atoms with E-state index in [1.54, 1.807) is 7.11 Å². The van der Waals surface area contributed by atoms with Crippen LogP contribution in [0.3, 0.4) is 0 Å². The highest BCUT2D eigenvalue weighted by molar-refractivity contribution is 5.29. The second-order valence-electron chi connectivity index (χ2n) is 20.4. The minimum atomic E-state index is -1.65. The molecular formula is C45H72O18. The number of hydrogen-bond acceptors (Lipinski definition) is 18. The molecule has 18 heteroatoms. The summed E-state index contributed by atoms with van der Waals surface area (Å²) in [4.78, 5) is 0. The van der Waals surface area contributed by atoms with Gasteiger partial charge in [-0.1, -0.05) is 44.6 Å². The van der Waals surface area contributed by atoms with E-state index in [-0.39, 0.29) is 48.4 Å². The number of allylic oxidation sites excluding steroid dienone is 1. The van der Waals surface area contributed by atoms with E-state index in [0.717, 1.165) is 31.3 Å². The Morgan fingerprint density at radius 3 is 2.27 bits per heavy atom. The molecule has 0 unspecified atom stereocenters. The van der Waals surface area contributed by atoms with Gasteiger partial charge in [-0.3, -0.25) is 0 Å². The van der Waals surface area contributed by atoms with Gasteiger partial charge < -0.3 is 89.0 Å². The van der Waals surface area contributed by atoms with E-state index >= 15 is 0 Å². The molecule has 3 saturated carbocycles. The Labute approximate surface area is 368 Å². The summed E-state index contributed by atoms with van der Waals surface area (Å²) in [5.74, 6) is 0.151. The minimum absolute atomic E-state index is 0.0121. The first-order valence-electron chi connectivity index (χ1n) is 23.0. The highest BCUT2D eigenvalue weighted by Crippen LogP contribution is 2.70. The number of ether oxygens (including phenoxy) is 8. The number of aliphatic hydroxyl groups is 10. The van der Waals surface area contributed by atoms with Gasteiger partial charge in [0.15, 0.2) is 24.7 Å². The van der Waals surface area contributed by atoms with Gasteiger partial charge in [0.05, 0.1) is 44.2 Å². The van der Waals surface area contributed by atoms with Crippen LogP contribution in [-0.2, 0) is 37.9 Å². The molecule has 25 atom stereocenters. The zero-order chi connectivity index (χ0) is 45.5. The van der Waals surface area contributed by atoms with Crippen LogP contribution in [0.4, 0.5) is 0 Å². The average Bonchev–Trinajstić information content (AvgIpc) is 3.72. The fourth-order valence-electron chi connectivity index (χ4n) is 13.5. The summed E-state index contributed by atoms with van der Waals surface area (Å²) in [6.45, 7) is 11.8. The molecule has 0 aromatic rings. The van der Waals surface area contributed by atoms with Crippen LogP contribution in [0.5, 0.6) is 0 Å². The van der Waals surface area contributed by atoms with Crippen molar-refractivity contribution in [1.29, 1.82) is 0 Å². The van der Waals surface area contributed by atoms with Gasteiger partial charge in [-0.15, -0.1) is 0 Å². The third-order valence-electron chi connectivity index (χ3n) is 17.1. The van der Waals surface area contributed by atoms with Gasteiger partial charge in [0.2, 0.25) is 0 Å². The molecular weight excluding hydrogens is 828 g/mol. The standard InChI is InChI=1S/C45H72O18/c1-19(17-57-40-37(54)36(53)34(51)29(16-46)60-40)9-12-45(56-6)20(2)31-28(63-45)15-26-24-8-7-22-13-23(47)14-30(44(22,5)25(24)10-11-43(26,31)4)61-42-39(33(50)27(48)18-58-42)62-41-38(55)35(52)32(49)21(3)59-41/h7,20-21,23-42,46-55H,1,8-18H2,2-6H3/t20-,21-,23+,24+,25-,26-,27-,28-,29+,30+,31-,32-,33-,34+,35+,36-,37+,38+,39+,40+,41-,42-,43-,44-,45+/m0/s1. The lowest BCUT2D eigenvalue weighted by atomic mass is 9.46. The molecule has 360 valence electrons. The molecule has 8 aliphatic rings. The molecule has 0 bridgehead atoms. The Hall–Kier alpha value is -1.24. The van der Waals surface area contributed by atoms with Crippen molar-refractivity contribution >= 4 is 0 Å². The van der Waals surface area contributed by atoms with Gasteiger partial charge in [-0.25, -0.2) is 0 Å². The number of aliphatic hydroxyl groups excluding tert-OH is 10. The summed E-state index contributed by atoms with van der Waals surface area (Å²) < 4.78 is 49.1. The molecule has 4 aliphatic heterocycles. The maximum atomic E-state index is 11.2. The summed E-state index contributed by atoms with van der Waals surface area (Å²) >= 11 is 0. The molecule has 8 rings (SSSR count). The molecule has 7 fully saturated rings. The van der Waals surface area contributed by atoms with Crippen LogP contribution >= 0.6 is 0 Å². The molecule has 0 radical (unpaired) electrons. The molecule has 63 heavy (non-hydrogen) atoms. The second kappa shape index (κ2) is 18.3. The van der Waals surface area contributed by atoms with Crippen molar-refractivity contribution in [2.24, 2.45) is 40.4 Å². The number of fused-ring (bicyclic) bond motifs is 7. The predicted molar refractivity (Wildman–Crippen MR) is 218 cm³/mol. The largest absolute Gasteiger partial charge is 0.394 e. The van der Waals surface area contributed by atoms with Crippen molar-refractivity contribution in [1.82, 2.24) is 0 Å². The molecule has 10 N–H and O–H groups in total. The monoisotopic (exact) mass is 900 g/mol. The van der Waals surface area contributed by atoms with Gasteiger partial charge in [0.1, 0.15) is 61.0 Å². The van der Waals surface area contributed by atoms with Crippen LogP contribution in [0.1, 0.15) is 79.1 Å². The highest BCUT2D eigenvalue weighted by Gasteiger charge is 2.69. The Balaban J connectivity index is 0.948. The lowest BCUT2D eigenvalue weighted by molar-refractivity contribution is -0.362. The summed E-state index contributed by atoms with van der Waals surface area (Å²) in [6, 6.07) is 0. The lowest BCUT2D eigenvalue weighted by Crippen LogP contribution is -2.63. The van der Waals surface area contributed by atoms with Crippen molar-refractivity contribution in [3.8, 4) is 0 Å². The maximum Gasteiger partial charge on any atom is 0.187 e. The van der Waals surface area contributed by atoms with E-state index in [1.165, 1.54) is 6.92 Å². The maximum absolute atomic E-state index is 11.2. The average molecular weight is 901 g/mol. The smallest absolute Gasteiger partial charge is 0.187 e. The molecule has 4 aliphatic carbocycles. The van der Waals surface area contributed by atoms with Crippen LogP contribution in [0.15, 0.2) is 23.8 Å². The van der Waals surface area contributed by atoms with E-state index in [2.05, 4.69) is 33.4 Å². The van der Waals surface area contributed by atoms with Crippen molar-refractivity contribution in [3.63, 3.8) is 0 Å². The topological polar surface area (TPSA) is 276 Å². The van der Waals surface area contributed by atoms with E-state index in [4.69, 9.17) is 37.9 Å². The SMILES string of the molecule is C=C(CC[C@@]1(OC)O[C@H]2C[C@H]3[C@@H]4CC=C5C[C@@H](O)C[C@@H](O[C@@H]6OC[C@H](O)[C@H](O)[C@H]6O[C@@H]6O[C@@H](C)[C@H](O)[C@@H](O)[C@H]6O)[C@]5(C)[C@H]4CC[C@]3(C)[C@H]2[C@@H]1C)CO[C@@H]1O[C@H](CO)[C@@H](O)[C@H](O)[C@H]1O. The van der Waals surface area contributed by atoms with Gasteiger partial charge in [-0.05, 0) is 74.5 Å². The van der Waals surface area contributed by atoms with E-state index < -0.39 is 116 Å². The van der Waals surface area contributed by atoms with Gasteiger partial charge >= 0.3 is 0 Å². The molecule has 0 spiro atoms. The quantitative estimate of drug-likeness (QED) is 0.109. The van der Waals surface area contributed by atoms with Crippen LogP contribution in [0, 0.1) is 40.4 Å². The Kier molecular flexibility index (Phi) is 14.0. The van der Waals surface area contributed by atoms with Crippen molar-refractivity contribution in [2.75, 3.05) is 26.9 Å². The zero-order valence-electron chi connectivity index (χ0n) is 37.0. The summed E-state index contributed by atoms with van der Waals surface area (Å²) in [5, 5.41) is 105. The summed E-state index contributed by atoms with van der Waals surface area (Å²) in [5.41, 5.74) is 1.23. The van der Waals surface area contributed by atoms with Crippen LogP contribution in [-0.4, -0.2) is 188 Å². The van der Waals surface area contributed by atoms with Crippen molar-refractivity contribution < 1.29 is 89.0 Å².